The summed E-state index contributed by atoms with van der Waals surface area (Å²) in [4.78, 5) is 65.2. The highest BCUT2D eigenvalue weighted by atomic mass is 32.2. The SMILES string of the molecule is CS(=O)(=O)Nc1cccc(-c2ccc3cnc(Nc4ccc(N5CCN(CCCCCCOc6cccc7c6C(=O)N(C6CCC(=O)NC6=O)C7=O)CC5)nc4)nn23)c1. The van der Waals surface area contributed by atoms with Crippen LogP contribution >= 0.6 is 0 Å². The van der Waals surface area contributed by atoms with E-state index in [9.17, 15) is 27.6 Å². The van der Waals surface area contributed by atoms with Gasteiger partial charge in [-0.3, -0.25) is 39.0 Å². The van der Waals surface area contributed by atoms with E-state index in [1.165, 1.54) is 0 Å². The van der Waals surface area contributed by atoms with Gasteiger partial charge < -0.3 is 15.0 Å². The van der Waals surface area contributed by atoms with Gasteiger partial charge in [-0.25, -0.2) is 22.9 Å². The Balaban J connectivity index is 0.757. The molecule has 1 unspecified atom stereocenters. The van der Waals surface area contributed by atoms with Crippen LogP contribution in [0, 0.1) is 0 Å². The molecule has 3 aromatic heterocycles. The van der Waals surface area contributed by atoms with Crippen molar-refractivity contribution < 1.29 is 32.3 Å². The number of fused-ring (bicyclic) bond motifs is 2. The number of piperidine rings is 1. The van der Waals surface area contributed by atoms with Gasteiger partial charge >= 0.3 is 0 Å². The predicted molar refractivity (Wildman–Crippen MR) is 220 cm³/mol. The number of unbranched alkanes of at least 4 members (excludes halogenated alkanes) is 3. The zero-order chi connectivity index (χ0) is 41.1. The van der Waals surface area contributed by atoms with Crippen LogP contribution in [0.1, 0.15) is 59.2 Å². The number of nitrogens with one attached hydrogen (secondary N) is 3. The van der Waals surface area contributed by atoms with E-state index in [-0.39, 0.29) is 24.0 Å². The van der Waals surface area contributed by atoms with Gasteiger partial charge in [0.15, 0.2) is 0 Å². The number of carbonyl (C=O) groups is 4. The van der Waals surface area contributed by atoms with E-state index in [1.54, 1.807) is 53.3 Å². The normalized spacial score (nSPS) is 17.3. The van der Waals surface area contributed by atoms with Gasteiger partial charge in [-0.15, -0.1) is 5.10 Å². The highest BCUT2D eigenvalue weighted by molar-refractivity contribution is 7.92. The van der Waals surface area contributed by atoms with Crippen LogP contribution in [0.25, 0.3) is 16.8 Å². The van der Waals surface area contributed by atoms with Crippen molar-refractivity contribution in [2.24, 2.45) is 0 Å². The predicted octanol–water partition coefficient (Wildman–Crippen LogP) is 4.07. The van der Waals surface area contributed by atoms with Crippen LogP contribution in [-0.2, 0) is 19.6 Å². The number of carbonyl (C=O) groups excluding carboxylic acids is 4. The molecule has 0 bridgehead atoms. The summed E-state index contributed by atoms with van der Waals surface area (Å²) in [6, 6.07) is 18.8. The number of pyridine rings is 1. The second kappa shape index (κ2) is 16.8. The number of hydrogen-bond acceptors (Lipinski definition) is 13. The minimum absolute atomic E-state index is 0.0686. The van der Waals surface area contributed by atoms with E-state index in [4.69, 9.17) is 14.8 Å². The van der Waals surface area contributed by atoms with E-state index >= 15 is 0 Å². The molecule has 2 aromatic carbocycles. The van der Waals surface area contributed by atoms with E-state index in [0.29, 0.717) is 24.0 Å². The van der Waals surface area contributed by atoms with E-state index in [0.717, 1.165) is 97.8 Å². The van der Waals surface area contributed by atoms with Crippen molar-refractivity contribution in [3.8, 4) is 17.0 Å². The number of sulfonamides is 1. The fourth-order valence-corrected chi connectivity index (χ4v) is 8.24. The summed E-state index contributed by atoms with van der Waals surface area (Å²) in [5.74, 6) is -0.533. The third-order valence-electron chi connectivity index (χ3n) is 10.6. The van der Waals surface area contributed by atoms with Crippen LogP contribution in [0.5, 0.6) is 5.75 Å². The largest absolute Gasteiger partial charge is 0.493 e. The lowest BCUT2D eigenvalue weighted by Crippen LogP contribution is -2.54. The van der Waals surface area contributed by atoms with Crippen molar-refractivity contribution in [3.63, 3.8) is 0 Å². The monoisotopic (exact) mass is 820 g/mol. The van der Waals surface area contributed by atoms with Crippen LogP contribution in [0.3, 0.4) is 0 Å². The van der Waals surface area contributed by atoms with Crippen LogP contribution < -0.4 is 25.0 Å². The molecular formula is C41H44N10O7S. The fraction of sp³-hybridized carbons (Fsp3) is 0.341. The molecule has 1 atom stereocenters. The molecule has 2 fully saturated rings. The molecule has 306 valence electrons. The Kier molecular flexibility index (Phi) is 11.2. The molecule has 0 saturated carbocycles. The van der Waals surface area contributed by atoms with E-state index in [1.807, 2.05) is 30.3 Å². The molecule has 3 aliphatic rings. The number of aromatic nitrogens is 4. The summed E-state index contributed by atoms with van der Waals surface area (Å²) in [6.45, 7) is 5.01. The average Bonchev–Trinajstić information content (AvgIpc) is 3.75. The number of nitrogens with zero attached hydrogens (tertiary/aromatic N) is 7. The van der Waals surface area contributed by atoms with Gasteiger partial charge in [0.05, 0.1) is 53.3 Å². The quantitative estimate of drug-likeness (QED) is 0.101. The van der Waals surface area contributed by atoms with Gasteiger partial charge in [0, 0.05) is 43.9 Å². The van der Waals surface area contributed by atoms with Gasteiger partial charge in [0.25, 0.3) is 11.8 Å². The maximum absolute atomic E-state index is 13.3. The second-order valence-electron chi connectivity index (χ2n) is 14.8. The summed E-state index contributed by atoms with van der Waals surface area (Å²) < 4.78 is 33.7. The first-order chi connectivity index (χ1) is 28.5. The zero-order valence-corrected chi connectivity index (χ0v) is 33.3. The lowest BCUT2D eigenvalue weighted by atomic mass is 10.0. The molecule has 6 heterocycles. The number of anilines is 4. The van der Waals surface area contributed by atoms with Crippen LogP contribution in [0.15, 0.2) is 79.1 Å². The smallest absolute Gasteiger partial charge is 0.266 e. The van der Waals surface area contributed by atoms with Crippen molar-refractivity contribution in [1.29, 1.82) is 0 Å². The molecule has 8 rings (SSSR count). The number of imide groups is 2. The molecule has 4 amide bonds. The molecule has 2 saturated heterocycles. The first kappa shape index (κ1) is 39.4. The molecule has 59 heavy (non-hydrogen) atoms. The summed E-state index contributed by atoms with van der Waals surface area (Å²) in [6.07, 6.45) is 8.63. The molecule has 3 aliphatic heterocycles. The molecule has 0 aliphatic carbocycles. The Labute approximate surface area is 340 Å². The third-order valence-corrected chi connectivity index (χ3v) is 11.2. The molecule has 0 radical (unpaired) electrons. The molecule has 18 heteroatoms. The number of ether oxygens (including phenoxy) is 1. The minimum atomic E-state index is -3.41. The van der Waals surface area contributed by atoms with Gasteiger partial charge in [0.2, 0.25) is 27.8 Å². The van der Waals surface area contributed by atoms with Crippen molar-refractivity contribution in [2.45, 2.75) is 44.6 Å². The van der Waals surface area contributed by atoms with Crippen molar-refractivity contribution in [1.82, 2.24) is 34.7 Å². The second-order valence-corrected chi connectivity index (χ2v) is 16.6. The number of piperazine rings is 1. The van der Waals surface area contributed by atoms with Crippen LogP contribution in [0.4, 0.5) is 23.1 Å². The fourth-order valence-electron chi connectivity index (χ4n) is 7.69. The highest BCUT2D eigenvalue weighted by Gasteiger charge is 2.46. The van der Waals surface area contributed by atoms with Crippen LogP contribution in [0.2, 0.25) is 0 Å². The standard InChI is InChI=1S/C41H44N10O7S/c1-59(56,57)47-28-9-6-8-27(24-28)32-14-13-30-26-43-41(46-51(30)32)44-29-12-16-35(42-25-29)49-21-19-48(20-22-49)18-4-2-3-5-23-58-34-11-7-10-31-37(34)40(55)50(39(31)54)33-15-17-36(52)45-38(33)53/h6-14,16,24-26,33,47H,2-5,15,17-23H2,1H3,(H,44,46)(H,45,52,53). The Bertz CT molecular complexity index is 2520. The molecule has 0 spiro atoms. The molecule has 3 N–H and O–H groups in total. The summed E-state index contributed by atoms with van der Waals surface area (Å²) in [5.41, 5.74) is 3.98. The summed E-state index contributed by atoms with van der Waals surface area (Å²) in [5, 5.41) is 10.1. The highest BCUT2D eigenvalue weighted by Crippen LogP contribution is 2.34. The zero-order valence-electron chi connectivity index (χ0n) is 32.5. The Morgan fingerprint density at radius 2 is 1.66 bits per heavy atom. The lowest BCUT2D eigenvalue weighted by molar-refractivity contribution is -0.136. The topological polar surface area (TPSA) is 201 Å². The van der Waals surface area contributed by atoms with E-state index < -0.39 is 39.7 Å². The van der Waals surface area contributed by atoms with Crippen molar-refractivity contribution in [3.05, 3.63) is 90.3 Å². The summed E-state index contributed by atoms with van der Waals surface area (Å²) >= 11 is 0. The Morgan fingerprint density at radius 1 is 0.847 bits per heavy atom. The minimum Gasteiger partial charge on any atom is -0.493 e. The maximum Gasteiger partial charge on any atom is 0.266 e. The van der Waals surface area contributed by atoms with Crippen LogP contribution in [-0.4, -0.2) is 113 Å². The molecule has 17 nitrogen and oxygen atoms in total. The summed E-state index contributed by atoms with van der Waals surface area (Å²) in [7, 11) is -3.41. The van der Waals surface area contributed by atoms with Gasteiger partial charge in [-0.1, -0.05) is 31.0 Å². The van der Waals surface area contributed by atoms with E-state index in [2.05, 4.69) is 30.1 Å². The maximum atomic E-state index is 13.3. The molecule has 5 aromatic rings. The van der Waals surface area contributed by atoms with Crippen molar-refractivity contribution >= 4 is 62.3 Å². The van der Waals surface area contributed by atoms with Crippen molar-refractivity contribution in [2.75, 3.05) is 60.5 Å². The molecular weight excluding hydrogens is 777 g/mol. The van der Waals surface area contributed by atoms with Gasteiger partial charge in [-0.2, -0.15) is 0 Å². The number of rotatable bonds is 15. The Hall–Kier alpha value is -6.40. The van der Waals surface area contributed by atoms with Gasteiger partial charge in [-0.05, 0) is 74.3 Å². The Morgan fingerprint density at radius 3 is 2.44 bits per heavy atom. The first-order valence-corrected chi connectivity index (χ1v) is 21.5. The number of benzene rings is 2. The van der Waals surface area contributed by atoms with Gasteiger partial charge in [0.1, 0.15) is 17.6 Å². The number of hydrogen-bond donors (Lipinski definition) is 3. The first-order valence-electron chi connectivity index (χ1n) is 19.6. The number of amides is 4. The average molecular weight is 821 g/mol. The lowest BCUT2D eigenvalue weighted by Gasteiger charge is -2.35. The third kappa shape index (κ3) is 8.87.